The number of aryl methyl sites for hydroxylation is 1. The molecule has 0 aliphatic carbocycles. The summed E-state index contributed by atoms with van der Waals surface area (Å²) in [6.07, 6.45) is 0. The molecule has 0 bridgehead atoms. The van der Waals surface area contributed by atoms with Gasteiger partial charge in [-0.3, -0.25) is 0 Å². The minimum absolute atomic E-state index is 0.118. The van der Waals surface area contributed by atoms with Gasteiger partial charge in [0.1, 0.15) is 29.0 Å². The third-order valence-corrected chi connectivity index (χ3v) is 4.17. The van der Waals surface area contributed by atoms with Crippen LogP contribution in [-0.4, -0.2) is 9.78 Å². The summed E-state index contributed by atoms with van der Waals surface area (Å²) in [6.45, 7) is 1.80. The maximum absolute atomic E-state index is 13.6. The number of anilines is 1. The molecule has 0 atom stereocenters. The van der Waals surface area contributed by atoms with Crippen LogP contribution in [0.3, 0.4) is 0 Å². The smallest absolute Gasteiger partial charge is 0.145 e. The van der Waals surface area contributed by atoms with E-state index < -0.39 is 5.82 Å². The summed E-state index contributed by atoms with van der Waals surface area (Å²) in [5.41, 5.74) is 8.31. The van der Waals surface area contributed by atoms with Crippen LogP contribution in [0.5, 0.6) is 0 Å². The van der Waals surface area contributed by atoms with Crippen LogP contribution in [0.2, 0.25) is 10.0 Å². The van der Waals surface area contributed by atoms with Crippen molar-refractivity contribution < 1.29 is 4.39 Å². The van der Waals surface area contributed by atoms with Crippen LogP contribution in [-0.2, 0) is 0 Å². The van der Waals surface area contributed by atoms with Crippen LogP contribution in [0.4, 0.5) is 10.2 Å². The van der Waals surface area contributed by atoms with Crippen molar-refractivity contribution in [3.63, 3.8) is 0 Å². The van der Waals surface area contributed by atoms with Crippen LogP contribution in [0.25, 0.3) is 16.9 Å². The molecule has 0 unspecified atom stereocenters. The molecular formula is C17H11Cl2FN4. The summed E-state index contributed by atoms with van der Waals surface area (Å²) in [5.74, 6) is -0.303. The molecule has 0 aliphatic heterocycles. The van der Waals surface area contributed by atoms with Crippen LogP contribution >= 0.6 is 23.2 Å². The third-order valence-electron chi connectivity index (χ3n) is 3.62. The molecule has 7 heteroatoms. The number of nitrogen functional groups attached to an aromatic ring is 1. The number of nitrogens with zero attached hydrogens (tertiary/aromatic N) is 3. The van der Waals surface area contributed by atoms with Crippen molar-refractivity contribution in [3.05, 3.63) is 63.4 Å². The van der Waals surface area contributed by atoms with Gasteiger partial charge in [0.05, 0.1) is 10.7 Å². The van der Waals surface area contributed by atoms with Gasteiger partial charge in [0.15, 0.2) is 0 Å². The lowest BCUT2D eigenvalue weighted by molar-refractivity contribution is 0.625. The Morgan fingerprint density at radius 2 is 1.96 bits per heavy atom. The van der Waals surface area contributed by atoms with Gasteiger partial charge in [-0.15, -0.1) is 0 Å². The zero-order valence-corrected chi connectivity index (χ0v) is 14.0. The fraction of sp³-hybridized carbons (Fsp3) is 0.0588. The Bertz CT molecular complexity index is 989. The van der Waals surface area contributed by atoms with Crippen LogP contribution < -0.4 is 5.73 Å². The highest BCUT2D eigenvalue weighted by molar-refractivity contribution is 6.36. The molecule has 0 saturated heterocycles. The van der Waals surface area contributed by atoms with Crippen molar-refractivity contribution >= 4 is 29.0 Å². The van der Waals surface area contributed by atoms with Crippen molar-refractivity contribution in [1.82, 2.24) is 9.78 Å². The summed E-state index contributed by atoms with van der Waals surface area (Å²) in [4.78, 5) is 0. The monoisotopic (exact) mass is 360 g/mol. The second-order valence-corrected chi connectivity index (χ2v) is 6.03. The van der Waals surface area contributed by atoms with Gasteiger partial charge in [0, 0.05) is 10.6 Å². The lowest BCUT2D eigenvalue weighted by Crippen LogP contribution is -2.04. The molecule has 0 spiro atoms. The fourth-order valence-corrected chi connectivity index (χ4v) is 2.90. The molecule has 3 aromatic rings. The first-order chi connectivity index (χ1) is 11.4. The standard InChI is InChI=1S/C17H11Cl2FN4/c1-9-2-4-11(20)7-15(9)24-17(22)13(8-21)16(23-24)12-5-3-10(18)6-14(12)19/h2-7H,22H2,1H3. The van der Waals surface area contributed by atoms with Gasteiger partial charge < -0.3 is 5.73 Å². The molecule has 4 nitrogen and oxygen atoms in total. The zero-order chi connectivity index (χ0) is 17.4. The average Bonchev–Trinajstić information content (AvgIpc) is 2.86. The second-order valence-electron chi connectivity index (χ2n) is 5.19. The Balaban J connectivity index is 2.27. The highest BCUT2D eigenvalue weighted by atomic mass is 35.5. The number of benzene rings is 2. The molecule has 0 aliphatic rings. The lowest BCUT2D eigenvalue weighted by Gasteiger charge is -2.07. The first kappa shape index (κ1) is 16.3. The highest BCUT2D eigenvalue weighted by Crippen LogP contribution is 2.35. The summed E-state index contributed by atoms with van der Waals surface area (Å²) in [7, 11) is 0. The first-order valence-corrected chi connectivity index (χ1v) is 7.68. The van der Waals surface area contributed by atoms with Crippen molar-refractivity contribution in [1.29, 1.82) is 5.26 Å². The summed E-state index contributed by atoms with van der Waals surface area (Å²) < 4.78 is 14.9. The highest BCUT2D eigenvalue weighted by Gasteiger charge is 2.21. The van der Waals surface area contributed by atoms with E-state index in [1.54, 1.807) is 31.2 Å². The molecule has 2 N–H and O–H groups in total. The molecule has 1 aromatic heterocycles. The van der Waals surface area contributed by atoms with E-state index in [2.05, 4.69) is 5.10 Å². The summed E-state index contributed by atoms with van der Waals surface area (Å²) in [6, 6.07) is 11.2. The summed E-state index contributed by atoms with van der Waals surface area (Å²) in [5, 5.41) is 14.7. The molecule has 3 rings (SSSR count). The number of nitriles is 1. The van der Waals surface area contributed by atoms with E-state index in [1.807, 2.05) is 6.07 Å². The molecule has 0 amide bonds. The number of hydrogen-bond donors (Lipinski definition) is 1. The number of hydrogen-bond acceptors (Lipinski definition) is 3. The van der Waals surface area contributed by atoms with E-state index in [1.165, 1.54) is 16.8 Å². The lowest BCUT2D eigenvalue weighted by atomic mass is 10.1. The molecule has 0 radical (unpaired) electrons. The molecule has 0 saturated carbocycles. The van der Waals surface area contributed by atoms with E-state index in [0.29, 0.717) is 27.0 Å². The first-order valence-electron chi connectivity index (χ1n) is 6.93. The molecule has 1 heterocycles. The van der Waals surface area contributed by atoms with E-state index >= 15 is 0 Å². The van der Waals surface area contributed by atoms with Gasteiger partial charge >= 0.3 is 0 Å². The number of aromatic nitrogens is 2. The average molecular weight is 361 g/mol. The summed E-state index contributed by atoms with van der Waals surface area (Å²) >= 11 is 12.1. The van der Waals surface area contributed by atoms with E-state index in [4.69, 9.17) is 28.9 Å². The predicted octanol–water partition coefficient (Wildman–Crippen LogP) is 4.75. The Morgan fingerprint density at radius 1 is 1.21 bits per heavy atom. The maximum atomic E-state index is 13.6. The number of rotatable bonds is 2. The van der Waals surface area contributed by atoms with Crippen LogP contribution in [0, 0.1) is 24.1 Å². The van der Waals surface area contributed by atoms with Gasteiger partial charge in [0.25, 0.3) is 0 Å². The van der Waals surface area contributed by atoms with Gasteiger partial charge in [-0.1, -0.05) is 29.3 Å². The van der Waals surface area contributed by atoms with Gasteiger partial charge in [-0.25, -0.2) is 9.07 Å². The molecule has 24 heavy (non-hydrogen) atoms. The fourth-order valence-electron chi connectivity index (χ4n) is 2.41. The molecule has 0 fully saturated rings. The normalized spacial score (nSPS) is 10.6. The minimum Gasteiger partial charge on any atom is -0.382 e. The Kier molecular flexibility index (Phi) is 4.18. The molecule has 120 valence electrons. The third kappa shape index (κ3) is 2.71. The minimum atomic E-state index is -0.421. The zero-order valence-electron chi connectivity index (χ0n) is 12.5. The topological polar surface area (TPSA) is 67.6 Å². The molecular weight excluding hydrogens is 350 g/mol. The van der Waals surface area contributed by atoms with Crippen molar-refractivity contribution in [3.8, 4) is 23.0 Å². The predicted molar refractivity (Wildman–Crippen MR) is 92.8 cm³/mol. The Hall–Kier alpha value is -2.55. The molecule has 2 aromatic carbocycles. The Morgan fingerprint density at radius 3 is 2.62 bits per heavy atom. The van der Waals surface area contributed by atoms with E-state index in [9.17, 15) is 9.65 Å². The number of nitrogens with two attached hydrogens (primary N) is 1. The number of halogens is 3. The van der Waals surface area contributed by atoms with Gasteiger partial charge in [0.2, 0.25) is 0 Å². The van der Waals surface area contributed by atoms with Gasteiger partial charge in [-0.05, 0) is 42.8 Å². The van der Waals surface area contributed by atoms with Crippen molar-refractivity contribution in [2.75, 3.05) is 5.73 Å². The van der Waals surface area contributed by atoms with Crippen LogP contribution in [0.1, 0.15) is 11.1 Å². The maximum Gasteiger partial charge on any atom is 0.145 e. The SMILES string of the molecule is Cc1ccc(F)cc1-n1nc(-c2ccc(Cl)cc2Cl)c(C#N)c1N. The van der Waals surface area contributed by atoms with Crippen molar-refractivity contribution in [2.24, 2.45) is 0 Å². The Labute approximate surface area is 147 Å². The van der Waals surface area contributed by atoms with Gasteiger partial charge in [-0.2, -0.15) is 10.4 Å². The second kappa shape index (κ2) is 6.16. The van der Waals surface area contributed by atoms with Crippen molar-refractivity contribution in [2.45, 2.75) is 6.92 Å². The quantitative estimate of drug-likeness (QED) is 0.716. The van der Waals surface area contributed by atoms with E-state index in [0.717, 1.165) is 5.56 Å². The van der Waals surface area contributed by atoms with E-state index in [-0.39, 0.29) is 11.4 Å². The van der Waals surface area contributed by atoms with Crippen LogP contribution in [0.15, 0.2) is 36.4 Å². The largest absolute Gasteiger partial charge is 0.382 e.